The molecular weight excluding hydrogens is 250 g/mol. The minimum atomic E-state index is 0.0484. The second-order valence-corrected chi connectivity index (χ2v) is 4.72. The summed E-state index contributed by atoms with van der Waals surface area (Å²) in [4.78, 5) is 8.55. The van der Waals surface area contributed by atoms with Crippen molar-refractivity contribution in [2.45, 2.75) is 26.3 Å². The van der Waals surface area contributed by atoms with Crippen molar-refractivity contribution in [1.29, 1.82) is 0 Å². The SMILES string of the molecule is CCCNC(c1cnccc1C)c1cccnc1OC. The van der Waals surface area contributed by atoms with Crippen molar-refractivity contribution in [3.05, 3.63) is 53.5 Å². The number of pyridine rings is 2. The van der Waals surface area contributed by atoms with Crippen LogP contribution in [0.3, 0.4) is 0 Å². The van der Waals surface area contributed by atoms with Crippen molar-refractivity contribution in [1.82, 2.24) is 15.3 Å². The molecule has 106 valence electrons. The second-order valence-electron chi connectivity index (χ2n) is 4.72. The summed E-state index contributed by atoms with van der Waals surface area (Å²) in [6, 6.07) is 6.06. The van der Waals surface area contributed by atoms with Gasteiger partial charge < -0.3 is 10.1 Å². The number of aromatic nitrogens is 2. The Morgan fingerprint density at radius 1 is 1.25 bits per heavy atom. The summed E-state index contributed by atoms with van der Waals surface area (Å²) in [5.41, 5.74) is 3.41. The Morgan fingerprint density at radius 3 is 2.80 bits per heavy atom. The van der Waals surface area contributed by atoms with Gasteiger partial charge >= 0.3 is 0 Å². The van der Waals surface area contributed by atoms with Crippen LogP contribution in [0.25, 0.3) is 0 Å². The van der Waals surface area contributed by atoms with E-state index in [-0.39, 0.29) is 6.04 Å². The van der Waals surface area contributed by atoms with Gasteiger partial charge in [0.25, 0.3) is 0 Å². The molecule has 0 radical (unpaired) electrons. The molecule has 1 atom stereocenters. The van der Waals surface area contributed by atoms with Crippen LogP contribution < -0.4 is 10.1 Å². The predicted molar refractivity (Wildman–Crippen MR) is 79.9 cm³/mol. The molecule has 0 aromatic carbocycles. The van der Waals surface area contributed by atoms with E-state index in [1.54, 1.807) is 13.3 Å². The Bertz CT molecular complexity index is 557. The van der Waals surface area contributed by atoms with Gasteiger partial charge in [-0.15, -0.1) is 0 Å². The minimum Gasteiger partial charge on any atom is -0.481 e. The highest BCUT2D eigenvalue weighted by Gasteiger charge is 2.19. The summed E-state index contributed by atoms with van der Waals surface area (Å²) in [6.07, 6.45) is 6.54. The third-order valence-electron chi connectivity index (χ3n) is 3.29. The van der Waals surface area contributed by atoms with E-state index in [4.69, 9.17) is 4.74 Å². The summed E-state index contributed by atoms with van der Waals surface area (Å²) in [5, 5.41) is 3.56. The van der Waals surface area contributed by atoms with E-state index in [0.29, 0.717) is 5.88 Å². The fraction of sp³-hybridized carbons (Fsp3) is 0.375. The molecule has 0 aliphatic rings. The largest absolute Gasteiger partial charge is 0.481 e. The normalized spacial score (nSPS) is 12.2. The highest BCUT2D eigenvalue weighted by molar-refractivity contribution is 5.39. The van der Waals surface area contributed by atoms with E-state index >= 15 is 0 Å². The van der Waals surface area contributed by atoms with Crippen LogP contribution in [-0.4, -0.2) is 23.6 Å². The number of methoxy groups -OCH3 is 1. The quantitative estimate of drug-likeness (QED) is 0.877. The zero-order valence-electron chi connectivity index (χ0n) is 12.3. The monoisotopic (exact) mass is 271 g/mol. The van der Waals surface area contributed by atoms with E-state index in [9.17, 15) is 0 Å². The van der Waals surface area contributed by atoms with Gasteiger partial charge in [0, 0.05) is 24.2 Å². The van der Waals surface area contributed by atoms with E-state index in [2.05, 4.69) is 29.1 Å². The number of aryl methyl sites for hydroxylation is 1. The molecule has 0 saturated heterocycles. The van der Waals surface area contributed by atoms with Crippen molar-refractivity contribution in [3.8, 4) is 5.88 Å². The highest BCUT2D eigenvalue weighted by Crippen LogP contribution is 2.29. The van der Waals surface area contributed by atoms with Gasteiger partial charge in [-0.05, 0) is 43.1 Å². The summed E-state index contributed by atoms with van der Waals surface area (Å²) in [7, 11) is 1.65. The molecule has 0 aliphatic heterocycles. The van der Waals surface area contributed by atoms with E-state index in [1.807, 2.05) is 30.6 Å². The van der Waals surface area contributed by atoms with E-state index in [1.165, 1.54) is 5.56 Å². The van der Waals surface area contributed by atoms with Gasteiger partial charge in [0.15, 0.2) is 0 Å². The summed E-state index contributed by atoms with van der Waals surface area (Å²) >= 11 is 0. The Hall–Kier alpha value is -1.94. The van der Waals surface area contributed by atoms with Gasteiger partial charge in [0.1, 0.15) is 0 Å². The van der Waals surface area contributed by atoms with Crippen molar-refractivity contribution < 1.29 is 4.74 Å². The predicted octanol–water partition coefficient (Wildman–Crippen LogP) is 2.88. The molecule has 0 amide bonds. The first-order chi connectivity index (χ1) is 9.77. The lowest BCUT2D eigenvalue weighted by Crippen LogP contribution is -2.24. The number of nitrogens with one attached hydrogen (secondary N) is 1. The average molecular weight is 271 g/mol. The smallest absolute Gasteiger partial charge is 0.218 e. The Balaban J connectivity index is 2.44. The molecule has 0 fully saturated rings. The van der Waals surface area contributed by atoms with Gasteiger partial charge in [-0.3, -0.25) is 4.98 Å². The molecule has 2 aromatic rings. The van der Waals surface area contributed by atoms with Crippen LogP contribution in [0.2, 0.25) is 0 Å². The van der Waals surface area contributed by atoms with Crippen LogP contribution in [0, 0.1) is 6.92 Å². The first-order valence-corrected chi connectivity index (χ1v) is 6.90. The topological polar surface area (TPSA) is 47.0 Å². The summed E-state index contributed by atoms with van der Waals surface area (Å²) in [6.45, 7) is 5.18. The number of ether oxygens (including phenoxy) is 1. The Kier molecular flexibility index (Phi) is 5.07. The maximum Gasteiger partial charge on any atom is 0.218 e. The average Bonchev–Trinajstić information content (AvgIpc) is 2.49. The maximum atomic E-state index is 5.40. The van der Waals surface area contributed by atoms with Gasteiger partial charge in [0.2, 0.25) is 5.88 Å². The zero-order chi connectivity index (χ0) is 14.4. The third kappa shape index (κ3) is 3.14. The molecule has 0 aliphatic carbocycles. The van der Waals surface area contributed by atoms with Gasteiger partial charge in [0.05, 0.1) is 13.2 Å². The van der Waals surface area contributed by atoms with Crippen molar-refractivity contribution in [3.63, 3.8) is 0 Å². The molecular formula is C16H21N3O. The third-order valence-corrected chi connectivity index (χ3v) is 3.29. The van der Waals surface area contributed by atoms with Crippen LogP contribution in [-0.2, 0) is 0 Å². The number of nitrogens with zero attached hydrogens (tertiary/aromatic N) is 2. The zero-order valence-corrected chi connectivity index (χ0v) is 12.3. The lowest BCUT2D eigenvalue weighted by Gasteiger charge is -2.22. The minimum absolute atomic E-state index is 0.0484. The molecule has 4 heteroatoms. The van der Waals surface area contributed by atoms with Crippen LogP contribution in [0.4, 0.5) is 0 Å². The molecule has 4 nitrogen and oxygen atoms in total. The first-order valence-electron chi connectivity index (χ1n) is 6.90. The van der Waals surface area contributed by atoms with Crippen LogP contribution in [0.15, 0.2) is 36.8 Å². The number of hydrogen-bond donors (Lipinski definition) is 1. The molecule has 2 heterocycles. The molecule has 0 saturated carbocycles. The number of hydrogen-bond acceptors (Lipinski definition) is 4. The molecule has 0 bridgehead atoms. The molecule has 0 spiro atoms. The molecule has 20 heavy (non-hydrogen) atoms. The van der Waals surface area contributed by atoms with E-state index < -0.39 is 0 Å². The van der Waals surface area contributed by atoms with Crippen molar-refractivity contribution >= 4 is 0 Å². The second kappa shape index (κ2) is 7.01. The van der Waals surface area contributed by atoms with Crippen LogP contribution in [0.1, 0.15) is 36.1 Å². The van der Waals surface area contributed by atoms with Gasteiger partial charge in [-0.1, -0.05) is 13.0 Å². The Labute approximate surface area is 120 Å². The van der Waals surface area contributed by atoms with Crippen LogP contribution >= 0.6 is 0 Å². The fourth-order valence-corrected chi connectivity index (χ4v) is 2.25. The molecule has 2 rings (SSSR count). The maximum absolute atomic E-state index is 5.40. The summed E-state index contributed by atoms with van der Waals surface area (Å²) < 4.78 is 5.40. The van der Waals surface area contributed by atoms with Gasteiger partial charge in [-0.2, -0.15) is 0 Å². The molecule has 1 N–H and O–H groups in total. The van der Waals surface area contributed by atoms with Crippen molar-refractivity contribution in [2.75, 3.05) is 13.7 Å². The fourth-order valence-electron chi connectivity index (χ4n) is 2.25. The van der Waals surface area contributed by atoms with Crippen LogP contribution in [0.5, 0.6) is 5.88 Å². The molecule has 2 aromatic heterocycles. The lowest BCUT2D eigenvalue weighted by molar-refractivity contribution is 0.386. The summed E-state index contributed by atoms with van der Waals surface area (Å²) in [5.74, 6) is 0.657. The highest BCUT2D eigenvalue weighted by atomic mass is 16.5. The van der Waals surface area contributed by atoms with E-state index in [0.717, 1.165) is 24.1 Å². The standard InChI is InChI=1S/C16H21N3O/c1-4-8-18-15(14-11-17-10-7-12(14)2)13-6-5-9-19-16(13)20-3/h5-7,9-11,15,18H,4,8H2,1-3H3. The lowest BCUT2D eigenvalue weighted by atomic mass is 9.97. The Morgan fingerprint density at radius 2 is 2.10 bits per heavy atom. The molecule has 1 unspecified atom stereocenters. The number of rotatable bonds is 6. The van der Waals surface area contributed by atoms with Gasteiger partial charge in [-0.25, -0.2) is 4.98 Å². The van der Waals surface area contributed by atoms with Crippen molar-refractivity contribution in [2.24, 2.45) is 0 Å². The first kappa shape index (κ1) is 14.5.